The molecule has 1 fully saturated rings. The molecule has 9 heteroatoms. The molecule has 0 aliphatic carbocycles. The molecule has 2 rings (SSSR count). The Morgan fingerprint density at radius 3 is 2.48 bits per heavy atom. The van der Waals surface area contributed by atoms with Gasteiger partial charge in [0.2, 0.25) is 17.7 Å². The number of rotatable bonds is 10. The molecule has 0 radical (unpaired) electrons. The lowest BCUT2D eigenvalue weighted by Crippen LogP contribution is -2.54. The Morgan fingerprint density at radius 1 is 1.19 bits per heavy atom. The van der Waals surface area contributed by atoms with Crippen LogP contribution < -0.4 is 16.4 Å². The Hall–Kier alpha value is -2.94. The summed E-state index contributed by atoms with van der Waals surface area (Å²) in [6.07, 6.45) is 1.69. The largest absolute Gasteiger partial charge is 0.480 e. The zero-order valence-corrected chi connectivity index (χ0v) is 18.0. The molecule has 170 valence electrons. The molecule has 0 spiro atoms. The second-order valence-corrected chi connectivity index (χ2v) is 8.29. The molecule has 1 heterocycles. The summed E-state index contributed by atoms with van der Waals surface area (Å²) in [6, 6.07) is 6.62. The summed E-state index contributed by atoms with van der Waals surface area (Å²) in [4.78, 5) is 50.5. The van der Waals surface area contributed by atoms with Crippen molar-refractivity contribution in [3.8, 4) is 0 Å². The summed E-state index contributed by atoms with van der Waals surface area (Å²) in [7, 11) is 0. The minimum Gasteiger partial charge on any atom is -0.480 e. The van der Waals surface area contributed by atoms with Crippen molar-refractivity contribution in [3.05, 3.63) is 35.9 Å². The Bertz CT molecular complexity index is 783. The molecule has 9 nitrogen and oxygen atoms in total. The lowest BCUT2D eigenvalue weighted by molar-refractivity contribution is -0.149. The average molecular weight is 433 g/mol. The molecule has 0 aromatic heterocycles. The molecular formula is C22H32N4O5. The van der Waals surface area contributed by atoms with Crippen LogP contribution in [0.4, 0.5) is 0 Å². The number of hydrogen-bond acceptors (Lipinski definition) is 5. The number of carbonyl (C=O) groups excluding carboxylic acids is 3. The molecule has 1 saturated heterocycles. The Kier molecular flexibility index (Phi) is 8.99. The topological polar surface area (TPSA) is 142 Å². The SMILES string of the molecule is CC(C)C[C@H](N)C(=O)NCC(=O)N[C@@H](Cc1ccccc1)C(=O)N1CCC[C@H]1C(=O)O. The zero-order valence-electron chi connectivity index (χ0n) is 18.0. The lowest BCUT2D eigenvalue weighted by atomic mass is 10.0. The van der Waals surface area contributed by atoms with Crippen LogP contribution in [0.25, 0.3) is 0 Å². The highest BCUT2D eigenvalue weighted by Gasteiger charge is 2.37. The van der Waals surface area contributed by atoms with Gasteiger partial charge in [0.15, 0.2) is 0 Å². The number of amides is 3. The molecule has 3 amide bonds. The van der Waals surface area contributed by atoms with Crippen molar-refractivity contribution in [1.29, 1.82) is 0 Å². The van der Waals surface area contributed by atoms with Crippen molar-refractivity contribution in [2.75, 3.05) is 13.1 Å². The minimum atomic E-state index is -1.05. The van der Waals surface area contributed by atoms with Crippen molar-refractivity contribution in [1.82, 2.24) is 15.5 Å². The van der Waals surface area contributed by atoms with Gasteiger partial charge in [-0.2, -0.15) is 0 Å². The van der Waals surface area contributed by atoms with Crippen molar-refractivity contribution in [2.24, 2.45) is 11.7 Å². The van der Waals surface area contributed by atoms with Gasteiger partial charge >= 0.3 is 5.97 Å². The van der Waals surface area contributed by atoms with Gasteiger partial charge in [-0.1, -0.05) is 44.2 Å². The number of nitrogens with zero attached hydrogens (tertiary/aromatic N) is 1. The molecule has 3 atom stereocenters. The molecule has 31 heavy (non-hydrogen) atoms. The predicted molar refractivity (Wildman–Crippen MR) is 115 cm³/mol. The summed E-state index contributed by atoms with van der Waals surface area (Å²) in [5.41, 5.74) is 6.65. The second-order valence-electron chi connectivity index (χ2n) is 8.29. The Morgan fingerprint density at radius 2 is 1.87 bits per heavy atom. The quantitative estimate of drug-likeness (QED) is 0.418. The van der Waals surface area contributed by atoms with Crippen LogP contribution in [-0.2, 0) is 25.6 Å². The fourth-order valence-electron chi connectivity index (χ4n) is 3.70. The number of carbonyl (C=O) groups is 4. The normalized spacial score (nSPS) is 17.8. The highest BCUT2D eigenvalue weighted by molar-refractivity contribution is 5.93. The monoisotopic (exact) mass is 432 g/mol. The van der Waals surface area contributed by atoms with E-state index in [1.54, 1.807) is 0 Å². The van der Waals surface area contributed by atoms with Gasteiger partial charge < -0.3 is 26.4 Å². The van der Waals surface area contributed by atoms with Gasteiger partial charge in [0.05, 0.1) is 12.6 Å². The summed E-state index contributed by atoms with van der Waals surface area (Å²) in [5.74, 6) is -2.22. The molecule has 0 unspecified atom stereocenters. The Balaban J connectivity index is 2.04. The third-order valence-corrected chi connectivity index (χ3v) is 5.22. The van der Waals surface area contributed by atoms with E-state index in [4.69, 9.17) is 5.73 Å². The molecule has 0 bridgehead atoms. The van der Waals surface area contributed by atoms with Gasteiger partial charge in [-0.25, -0.2) is 4.79 Å². The summed E-state index contributed by atoms with van der Waals surface area (Å²) in [6.45, 7) is 3.91. The van der Waals surface area contributed by atoms with Crippen LogP contribution in [0.2, 0.25) is 0 Å². The van der Waals surface area contributed by atoms with Gasteiger partial charge in [0.25, 0.3) is 0 Å². The van der Waals surface area contributed by atoms with E-state index in [1.165, 1.54) is 4.90 Å². The summed E-state index contributed by atoms with van der Waals surface area (Å²) >= 11 is 0. The number of nitrogens with one attached hydrogen (secondary N) is 2. The van der Waals surface area contributed by atoms with Gasteiger partial charge in [-0.15, -0.1) is 0 Å². The highest BCUT2D eigenvalue weighted by atomic mass is 16.4. The molecule has 1 aliphatic rings. The third-order valence-electron chi connectivity index (χ3n) is 5.22. The average Bonchev–Trinajstić information content (AvgIpc) is 3.21. The highest BCUT2D eigenvalue weighted by Crippen LogP contribution is 2.19. The number of hydrogen-bond donors (Lipinski definition) is 4. The minimum absolute atomic E-state index is 0.217. The maximum absolute atomic E-state index is 13.1. The standard InChI is InChI=1S/C22H32N4O5/c1-14(2)11-16(23)20(28)24-13-19(27)25-17(12-15-7-4-3-5-8-15)21(29)26-10-6-9-18(26)22(30)31/h3-5,7-8,14,16-18H,6,9-13,23H2,1-2H3,(H,24,28)(H,25,27)(H,30,31)/t16-,17-,18-/m0/s1. The van der Waals surface area contributed by atoms with Gasteiger partial charge in [-0.05, 0) is 30.7 Å². The second kappa shape index (κ2) is 11.5. The maximum atomic E-state index is 13.1. The maximum Gasteiger partial charge on any atom is 0.326 e. The van der Waals surface area contributed by atoms with Gasteiger partial charge in [-0.3, -0.25) is 14.4 Å². The number of carboxylic acids is 1. The molecule has 1 aliphatic heterocycles. The van der Waals surface area contributed by atoms with Crippen molar-refractivity contribution < 1.29 is 24.3 Å². The smallest absolute Gasteiger partial charge is 0.326 e. The fraction of sp³-hybridized carbons (Fsp3) is 0.545. The van der Waals surface area contributed by atoms with E-state index in [0.717, 1.165) is 5.56 Å². The van der Waals surface area contributed by atoms with E-state index in [1.807, 2.05) is 44.2 Å². The van der Waals surface area contributed by atoms with Crippen LogP contribution in [0, 0.1) is 5.92 Å². The fourth-order valence-corrected chi connectivity index (χ4v) is 3.70. The van der Waals surface area contributed by atoms with E-state index in [9.17, 15) is 24.3 Å². The zero-order chi connectivity index (χ0) is 23.0. The number of nitrogens with two attached hydrogens (primary N) is 1. The van der Waals surface area contributed by atoms with Crippen LogP contribution in [0.1, 0.15) is 38.7 Å². The van der Waals surface area contributed by atoms with Gasteiger partial charge in [0, 0.05) is 13.0 Å². The third kappa shape index (κ3) is 7.36. The van der Waals surface area contributed by atoms with Gasteiger partial charge in [0.1, 0.15) is 12.1 Å². The first kappa shape index (κ1) is 24.3. The predicted octanol–water partition coefficient (Wildman–Crippen LogP) is 0.279. The molecule has 5 N–H and O–H groups in total. The van der Waals surface area contributed by atoms with Crippen molar-refractivity contribution in [2.45, 2.75) is 57.7 Å². The first-order valence-corrected chi connectivity index (χ1v) is 10.6. The van der Waals surface area contributed by atoms with E-state index in [-0.39, 0.29) is 18.9 Å². The van der Waals surface area contributed by atoms with E-state index in [2.05, 4.69) is 10.6 Å². The summed E-state index contributed by atoms with van der Waals surface area (Å²) < 4.78 is 0. The number of benzene rings is 1. The lowest BCUT2D eigenvalue weighted by Gasteiger charge is -2.27. The number of aliphatic carboxylic acids is 1. The molecule has 0 saturated carbocycles. The first-order valence-electron chi connectivity index (χ1n) is 10.6. The van der Waals surface area contributed by atoms with Crippen molar-refractivity contribution >= 4 is 23.7 Å². The van der Waals surface area contributed by atoms with Crippen molar-refractivity contribution in [3.63, 3.8) is 0 Å². The van der Waals surface area contributed by atoms with E-state index >= 15 is 0 Å². The molecule has 1 aromatic carbocycles. The number of carboxylic acid groups (broad SMARTS) is 1. The first-order chi connectivity index (χ1) is 14.7. The van der Waals surface area contributed by atoms with Crippen LogP contribution in [0.3, 0.4) is 0 Å². The van der Waals surface area contributed by atoms with Crippen LogP contribution in [0.5, 0.6) is 0 Å². The Labute approximate surface area is 182 Å². The molecular weight excluding hydrogens is 400 g/mol. The molecule has 1 aromatic rings. The van der Waals surface area contributed by atoms with Crippen LogP contribution in [0.15, 0.2) is 30.3 Å². The number of likely N-dealkylation sites (tertiary alicyclic amines) is 1. The van der Waals surface area contributed by atoms with Crippen LogP contribution in [-0.4, -0.2) is 64.9 Å². The van der Waals surface area contributed by atoms with E-state index in [0.29, 0.717) is 25.8 Å². The van der Waals surface area contributed by atoms with E-state index < -0.39 is 41.8 Å². The summed E-state index contributed by atoms with van der Waals surface area (Å²) in [5, 5.41) is 14.6. The van der Waals surface area contributed by atoms with Crippen LogP contribution >= 0.6 is 0 Å².